The molecule has 0 saturated carbocycles. The summed E-state index contributed by atoms with van der Waals surface area (Å²) in [6.07, 6.45) is 0.548. The van der Waals surface area contributed by atoms with Gasteiger partial charge in [-0.25, -0.2) is 4.39 Å². The fraction of sp³-hybridized carbons (Fsp3) is 0.111. The molecule has 0 unspecified atom stereocenters. The van der Waals surface area contributed by atoms with Crippen LogP contribution in [0.3, 0.4) is 0 Å². The predicted octanol–water partition coefficient (Wildman–Crippen LogP) is 1.56. The first-order valence-corrected chi connectivity index (χ1v) is 3.56. The van der Waals surface area contributed by atoms with Crippen LogP contribution < -0.4 is 4.74 Å². The third-order valence-electron chi connectivity index (χ3n) is 1.35. The molecule has 0 radical (unpaired) electrons. The van der Waals surface area contributed by atoms with E-state index in [0.29, 0.717) is 6.29 Å². The molecule has 0 bridgehead atoms. The second-order valence-electron chi connectivity index (χ2n) is 2.40. The zero-order valence-electron chi connectivity index (χ0n) is 6.91. The molecule has 0 saturated heterocycles. The van der Waals surface area contributed by atoms with Crippen molar-refractivity contribution in [2.45, 2.75) is 6.92 Å². The molecule has 1 aromatic rings. The van der Waals surface area contributed by atoms with Crippen LogP contribution in [0, 0.1) is 5.82 Å². The fourth-order valence-corrected chi connectivity index (χ4v) is 0.826. The van der Waals surface area contributed by atoms with Crippen molar-refractivity contribution in [2.24, 2.45) is 0 Å². The van der Waals surface area contributed by atoms with Gasteiger partial charge in [0.2, 0.25) is 0 Å². The van der Waals surface area contributed by atoms with Gasteiger partial charge in [0.15, 0.2) is 11.6 Å². The lowest BCUT2D eigenvalue weighted by atomic mass is 10.2. The maximum absolute atomic E-state index is 12.9. The second-order valence-corrected chi connectivity index (χ2v) is 2.40. The molecule has 0 spiro atoms. The summed E-state index contributed by atoms with van der Waals surface area (Å²) in [7, 11) is 0. The number of benzene rings is 1. The lowest BCUT2D eigenvalue weighted by Gasteiger charge is -2.02. The standard InChI is InChI=1S/C9H7FO3/c1-6(12)13-9-4-7(5-11)2-3-8(9)10/h2-5H,1H3. The monoisotopic (exact) mass is 182 g/mol. The number of halogens is 1. The Morgan fingerprint density at radius 2 is 2.23 bits per heavy atom. The van der Waals surface area contributed by atoms with Crippen molar-refractivity contribution in [1.82, 2.24) is 0 Å². The van der Waals surface area contributed by atoms with E-state index < -0.39 is 11.8 Å². The lowest BCUT2D eigenvalue weighted by molar-refractivity contribution is -0.132. The van der Waals surface area contributed by atoms with E-state index in [4.69, 9.17) is 0 Å². The average Bonchev–Trinajstić information content (AvgIpc) is 2.08. The van der Waals surface area contributed by atoms with Crippen LogP contribution in [0.15, 0.2) is 18.2 Å². The minimum absolute atomic E-state index is 0.225. The number of aldehydes is 1. The molecule has 68 valence electrons. The number of ether oxygens (including phenoxy) is 1. The molecule has 1 aromatic carbocycles. The first-order chi connectivity index (χ1) is 6.13. The Morgan fingerprint density at radius 3 is 2.77 bits per heavy atom. The summed E-state index contributed by atoms with van der Waals surface area (Å²) in [5.74, 6) is -1.51. The molecular weight excluding hydrogens is 175 g/mol. The average molecular weight is 182 g/mol. The summed E-state index contributed by atoms with van der Waals surface area (Å²) in [6, 6.07) is 3.54. The van der Waals surface area contributed by atoms with Gasteiger partial charge in [0.1, 0.15) is 6.29 Å². The van der Waals surface area contributed by atoms with Gasteiger partial charge in [-0.2, -0.15) is 0 Å². The molecule has 3 nitrogen and oxygen atoms in total. The largest absolute Gasteiger partial charge is 0.424 e. The Kier molecular flexibility index (Phi) is 2.74. The number of hydrogen-bond donors (Lipinski definition) is 0. The Bertz CT molecular complexity index is 347. The molecule has 0 amide bonds. The molecule has 0 aromatic heterocycles. The van der Waals surface area contributed by atoms with Crippen LogP contribution in [0.25, 0.3) is 0 Å². The summed E-state index contributed by atoms with van der Waals surface area (Å²) < 4.78 is 17.4. The van der Waals surface area contributed by atoms with E-state index >= 15 is 0 Å². The van der Waals surface area contributed by atoms with Gasteiger partial charge in [0.25, 0.3) is 0 Å². The molecular formula is C9H7FO3. The van der Waals surface area contributed by atoms with Crippen LogP contribution in [0.4, 0.5) is 4.39 Å². The van der Waals surface area contributed by atoms with Gasteiger partial charge in [0.05, 0.1) is 0 Å². The highest BCUT2D eigenvalue weighted by molar-refractivity contribution is 5.76. The maximum atomic E-state index is 12.9. The lowest BCUT2D eigenvalue weighted by Crippen LogP contribution is -2.03. The third-order valence-corrected chi connectivity index (χ3v) is 1.35. The van der Waals surface area contributed by atoms with E-state index in [1.165, 1.54) is 12.1 Å². The highest BCUT2D eigenvalue weighted by atomic mass is 19.1. The first kappa shape index (κ1) is 9.38. The van der Waals surface area contributed by atoms with Crippen molar-refractivity contribution < 1.29 is 18.7 Å². The Morgan fingerprint density at radius 1 is 1.54 bits per heavy atom. The molecule has 0 heterocycles. The van der Waals surface area contributed by atoms with Crippen LogP contribution in [0.2, 0.25) is 0 Å². The Balaban J connectivity index is 3.03. The van der Waals surface area contributed by atoms with E-state index in [-0.39, 0.29) is 11.3 Å². The first-order valence-electron chi connectivity index (χ1n) is 3.56. The topological polar surface area (TPSA) is 43.4 Å². The summed E-state index contributed by atoms with van der Waals surface area (Å²) in [6.45, 7) is 1.16. The van der Waals surface area contributed by atoms with Gasteiger partial charge in [-0.15, -0.1) is 0 Å². The number of carbonyl (C=O) groups is 2. The fourth-order valence-electron chi connectivity index (χ4n) is 0.826. The van der Waals surface area contributed by atoms with Crippen molar-refractivity contribution in [1.29, 1.82) is 0 Å². The van der Waals surface area contributed by atoms with E-state index in [9.17, 15) is 14.0 Å². The number of hydrogen-bond acceptors (Lipinski definition) is 3. The van der Waals surface area contributed by atoms with Gasteiger partial charge >= 0.3 is 5.97 Å². The summed E-state index contributed by atoms with van der Waals surface area (Å²) in [5, 5.41) is 0. The van der Waals surface area contributed by atoms with Crippen LogP contribution in [-0.2, 0) is 4.79 Å². The van der Waals surface area contributed by atoms with E-state index in [1.54, 1.807) is 0 Å². The molecule has 0 N–H and O–H groups in total. The number of carbonyl (C=O) groups excluding carboxylic acids is 2. The third kappa shape index (κ3) is 2.37. The minimum Gasteiger partial charge on any atom is -0.424 e. The van der Waals surface area contributed by atoms with Crippen LogP contribution in [0.5, 0.6) is 5.75 Å². The van der Waals surface area contributed by atoms with Crippen LogP contribution in [0.1, 0.15) is 17.3 Å². The zero-order chi connectivity index (χ0) is 9.84. The molecule has 0 aliphatic rings. The summed E-state index contributed by atoms with van der Waals surface area (Å²) in [4.78, 5) is 20.8. The van der Waals surface area contributed by atoms with Gasteiger partial charge in [-0.05, 0) is 18.2 Å². The highest BCUT2D eigenvalue weighted by Crippen LogP contribution is 2.17. The molecule has 0 fully saturated rings. The molecule has 1 rings (SSSR count). The van der Waals surface area contributed by atoms with Crippen LogP contribution in [-0.4, -0.2) is 12.3 Å². The van der Waals surface area contributed by atoms with Gasteiger partial charge < -0.3 is 4.74 Å². The van der Waals surface area contributed by atoms with Crippen LogP contribution >= 0.6 is 0 Å². The SMILES string of the molecule is CC(=O)Oc1cc(C=O)ccc1F. The normalized spacial score (nSPS) is 9.38. The van der Waals surface area contributed by atoms with Gasteiger partial charge in [-0.3, -0.25) is 9.59 Å². The Labute approximate surface area is 74.1 Å². The van der Waals surface area contributed by atoms with Crippen molar-refractivity contribution in [3.63, 3.8) is 0 Å². The zero-order valence-corrected chi connectivity index (χ0v) is 6.91. The number of esters is 1. The van der Waals surface area contributed by atoms with Crippen molar-refractivity contribution >= 4 is 12.3 Å². The van der Waals surface area contributed by atoms with E-state index in [2.05, 4.69) is 4.74 Å². The van der Waals surface area contributed by atoms with Crippen molar-refractivity contribution in [3.05, 3.63) is 29.6 Å². The number of rotatable bonds is 2. The quantitative estimate of drug-likeness (QED) is 0.396. The van der Waals surface area contributed by atoms with Gasteiger partial charge in [-0.1, -0.05) is 0 Å². The molecule has 4 heteroatoms. The predicted molar refractivity (Wildman–Crippen MR) is 43.1 cm³/mol. The van der Waals surface area contributed by atoms with E-state index in [0.717, 1.165) is 13.0 Å². The van der Waals surface area contributed by atoms with Crippen molar-refractivity contribution in [2.75, 3.05) is 0 Å². The summed E-state index contributed by atoms with van der Waals surface area (Å²) >= 11 is 0. The molecule has 0 aliphatic carbocycles. The van der Waals surface area contributed by atoms with Gasteiger partial charge in [0, 0.05) is 12.5 Å². The Hall–Kier alpha value is -1.71. The van der Waals surface area contributed by atoms with E-state index in [1.807, 2.05) is 0 Å². The second kappa shape index (κ2) is 3.80. The smallest absolute Gasteiger partial charge is 0.308 e. The molecule has 0 aliphatic heterocycles. The minimum atomic E-state index is -0.666. The molecule has 0 atom stereocenters. The highest BCUT2D eigenvalue weighted by Gasteiger charge is 2.06. The summed E-state index contributed by atoms with van der Waals surface area (Å²) in [5.41, 5.74) is 0.262. The van der Waals surface area contributed by atoms with Crippen molar-refractivity contribution in [3.8, 4) is 5.75 Å². The maximum Gasteiger partial charge on any atom is 0.308 e. The molecule has 13 heavy (non-hydrogen) atoms.